The van der Waals surface area contributed by atoms with Gasteiger partial charge in [-0.2, -0.15) is 0 Å². The average Bonchev–Trinajstić information content (AvgIpc) is 3.20. The van der Waals surface area contributed by atoms with Gasteiger partial charge in [-0.05, 0) is 43.3 Å². The topological polar surface area (TPSA) is 84.0 Å². The number of carbonyl (C=O) groups is 2. The molecule has 156 valence electrons. The third-order valence-corrected chi connectivity index (χ3v) is 4.99. The Labute approximate surface area is 178 Å². The molecule has 0 N–H and O–H groups in total. The highest BCUT2D eigenvalue weighted by molar-refractivity contribution is 7.09. The summed E-state index contributed by atoms with van der Waals surface area (Å²) in [4.78, 5) is 29.2. The van der Waals surface area contributed by atoms with E-state index in [4.69, 9.17) is 18.9 Å². The molecule has 0 aliphatic heterocycles. The maximum absolute atomic E-state index is 12.5. The Bertz CT molecular complexity index is 1050. The highest BCUT2D eigenvalue weighted by Crippen LogP contribution is 2.24. The number of hydrogen-bond donors (Lipinski definition) is 0. The summed E-state index contributed by atoms with van der Waals surface area (Å²) in [5.41, 5.74) is 1.39. The van der Waals surface area contributed by atoms with Crippen molar-refractivity contribution in [1.82, 2.24) is 4.98 Å². The summed E-state index contributed by atoms with van der Waals surface area (Å²) in [5, 5.41) is 2.88. The van der Waals surface area contributed by atoms with Gasteiger partial charge in [-0.1, -0.05) is 6.07 Å². The Kier molecular flexibility index (Phi) is 7.03. The number of Topliss-reactive ketones (excluding diaryl/α,β-unsaturated/α-hetero) is 1. The summed E-state index contributed by atoms with van der Waals surface area (Å²) >= 11 is 1.55. The van der Waals surface area contributed by atoms with Crippen LogP contribution in [0.1, 0.15) is 31.4 Å². The Balaban J connectivity index is 1.61. The van der Waals surface area contributed by atoms with Crippen molar-refractivity contribution in [2.45, 2.75) is 13.5 Å². The summed E-state index contributed by atoms with van der Waals surface area (Å²) in [5.74, 6) is 0.372. The first-order chi connectivity index (χ1) is 14.5. The first kappa shape index (κ1) is 21.3. The number of ketones is 1. The van der Waals surface area contributed by atoms with Gasteiger partial charge >= 0.3 is 5.97 Å². The van der Waals surface area contributed by atoms with Gasteiger partial charge in [-0.3, -0.25) is 4.79 Å². The lowest BCUT2D eigenvalue weighted by Gasteiger charge is -2.10. The summed E-state index contributed by atoms with van der Waals surface area (Å²) < 4.78 is 21.2. The van der Waals surface area contributed by atoms with Crippen molar-refractivity contribution >= 4 is 23.1 Å². The molecule has 0 unspecified atom stereocenters. The highest BCUT2D eigenvalue weighted by Gasteiger charge is 2.17. The van der Waals surface area contributed by atoms with E-state index >= 15 is 0 Å². The van der Waals surface area contributed by atoms with Crippen molar-refractivity contribution in [3.63, 3.8) is 0 Å². The second-order valence-electron chi connectivity index (χ2n) is 6.24. The van der Waals surface area contributed by atoms with Crippen LogP contribution in [0.25, 0.3) is 0 Å². The summed E-state index contributed by atoms with van der Waals surface area (Å²) in [7, 11) is 2.96. The number of hydrogen-bond acceptors (Lipinski definition) is 8. The fraction of sp³-hybridized carbons (Fsp3) is 0.227. The molecule has 0 aliphatic rings. The minimum absolute atomic E-state index is 0.278. The quantitative estimate of drug-likeness (QED) is 0.376. The number of ether oxygens (including phenoxy) is 4. The molecule has 1 heterocycles. The van der Waals surface area contributed by atoms with E-state index < -0.39 is 18.4 Å². The van der Waals surface area contributed by atoms with E-state index in [0.29, 0.717) is 23.9 Å². The van der Waals surface area contributed by atoms with Crippen LogP contribution < -0.4 is 14.2 Å². The molecule has 2 aromatic carbocycles. The molecule has 0 atom stereocenters. The van der Waals surface area contributed by atoms with Crippen molar-refractivity contribution in [1.29, 1.82) is 0 Å². The second-order valence-corrected chi connectivity index (χ2v) is 7.30. The van der Waals surface area contributed by atoms with Crippen molar-refractivity contribution in [3.05, 3.63) is 69.7 Å². The maximum Gasteiger partial charge on any atom is 0.338 e. The second kappa shape index (κ2) is 9.89. The number of carbonyl (C=O) groups excluding carboxylic acids is 2. The van der Waals surface area contributed by atoms with Crippen LogP contribution >= 0.6 is 11.3 Å². The highest BCUT2D eigenvalue weighted by atomic mass is 32.1. The number of esters is 1. The lowest BCUT2D eigenvalue weighted by molar-refractivity contribution is 0.0473. The summed E-state index contributed by atoms with van der Waals surface area (Å²) in [6, 6.07) is 11.4. The van der Waals surface area contributed by atoms with Gasteiger partial charge in [-0.15, -0.1) is 11.3 Å². The lowest BCUT2D eigenvalue weighted by atomic mass is 10.1. The minimum atomic E-state index is -0.625. The van der Waals surface area contributed by atoms with Crippen LogP contribution in [0.5, 0.6) is 17.2 Å². The van der Waals surface area contributed by atoms with Crippen molar-refractivity contribution < 1.29 is 28.5 Å². The van der Waals surface area contributed by atoms with Gasteiger partial charge in [-0.25, -0.2) is 9.78 Å². The predicted molar refractivity (Wildman–Crippen MR) is 112 cm³/mol. The zero-order chi connectivity index (χ0) is 21.5. The third kappa shape index (κ3) is 5.36. The van der Waals surface area contributed by atoms with Crippen molar-refractivity contribution in [2.24, 2.45) is 0 Å². The van der Waals surface area contributed by atoms with E-state index in [9.17, 15) is 9.59 Å². The van der Waals surface area contributed by atoms with Gasteiger partial charge in [0.25, 0.3) is 0 Å². The van der Waals surface area contributed by atoms with Crippen LogP contribution in [0.15, 0.2) is 47.8 Å². The zero-order valence-corrected chi connectivity index (χ0v) is 17.7. The average molecular weight is 427 g/mol. The Hall–Kier alpha value is -3.39. The lowest BCUT2D eigenvalue weighted by Crippen LogP contribution is -2.15. The molecule has 0 radical (unpaired) electrons. The first-order valence-electron chi connectivity index (χ1n) is 9.06. The van der Waals surface area contributed by atoms with Gasteiger partial charge in [0, 0.05) is 5.38 Å². The Morgan fingerprint density at radius 2 is 1.87 bits per heavy atom. The molecular weight excluding hydrogens is 406 g/mol. The summed E-state index contributed by atoms with van der Waals surface area (Å²) in [6.45, 7) is 1.80. The van der Waals surface area contributed by atoms with Gasteiger partial charge in [0.1, 0.15) is 23.9 Å². The molecule has 30 heavy (non-hydrogen) atoms. The molecule has 0 spiro atoms. The van der Waals surface area contributed by atoms with Crippen LogP contribution in [0.3, 0.4) is 0 Å². The number of rotatable bonds is 9. The van der Waals surface area contributed by atoms with Gasteiger partial charge in [0.15, 0.2) is 6.61 Å². The smallest absolute Gasteiger partial charge is 0.338 e. The maximum atomic E-state index is 12.5. The van der Waals surface area contributed by atoms with Crippen LogP contribution in [-0.4, -0.2) is 37.6 Å². The van der Waals surface area contributed by atoms with Gasteiger partial charge in [0.05, 0.1) is 36.0 Å². The number of aromatic nitrogens is 1. The Morgan fingerprint density at radius 3 is 2.57 bits per heavy atom. The third-order valence-electron chi connectivity index (χ3n) is 4.16. The van der Waals surface area contributed by atoms with E-state index in [1.165, 1.54) is 14.2 Å². The SMILES string of the molecule is COc1ccc(OC)c(C(=O)COC(=O)c2cccc(OCc3csc(C)n3)c2)c1. The first-order valence-corrected chi connectivity index (χ1v) is 9.94. The van der Waals surface area contributed by atoms with E-state index in [1.54, 1.807) is 53.8 Å². The molecule has 1 aromatic heterocycles. The molecular formula is C22H21NO6S. The summed E-state index contributed by atoms with van der Waals surface area (Å²) in [6.07, 6.45) is 0. The molecule has 3 aromatic rings. The van der Waals surface area contributed by atoms with Crippen LogP contribution in [0.4, 0.5) is 0 Å². The molecule has 0 bridgehead atoms. The van der Waals surface area contributed by atoms with Crippen LogP contribution in [0, 0.1) is 6.92 Å². The molecule has 0 amide bonds. The molecule has 0 saturated heterocycles. The van der Waals surface area contributed by atoms with Gasteiger partial charge < -0.3 is 18.9 Å². The van der Waals surface area contributed by atoms with E-state index in [-0.39, 0.29) is 11.1 Å². The molecule has 8 heteroatoms. The monoisotopic (exact) mass is 427 g/mol. The molecule has 3 rings (SSSR count). The van der Waals surface area contributed by atoms with Gasteiger partial charge in [0.2, 0.25) is 5.78 Å². The largest absolute Gasteiger partial charge is 0.497 e. The van der Waals surface area contributed by atoms with Crippen LogP contribution in [0.2, 0.25) is 0 Å². The predicted octanol–water partition coefficient (Wildman–Crippen LogP) is 4.09. The molecule has 0 saturated carbocycles. The molecule has 0 aliphatic carbocycles. The molecule has 7 nitrogen and oxygen atoms in total. The number of nitrogens with zero attached hydrogens (tertiary/aromatic N) is 1. The fourth-order valence-corrected chi connectivity index (χ4v) is 3.27. The minimum Gasteiger partial charge on any atom is -0.497 e. The number of thiazole rings is 1. The zero-order valence-electron chi connectivity index (χ0n) is 16.8. The number of methoxy groups -OCH3 is 2. The van der Waals surface area contributed by atoms with Crippen molar-refractivity contribution in [2.75, 3.05) is 20.8 Å². The van der Waals surface area contributed by atoms with E-state index in [2.05, 4.69) is 4.98 Å². The van der Waals surface area contributed by atoms with E-state index in [1.807, 2.05) is 12.3 Å². The number of aryl methyl sites for hydroxylation is 1. The fourth-order valence-electron chi connectivity index (χ4n) is 2.67. The number of benzene rings is 2. The standard InChI is InChI=1S/C22H21NO6S/c1-14-23-16(13-30-14)11-28-18-6-4-5-15(9-18)22(25)29-12-20(24)19-10-17(26-2)7-8-21(19)27-3/h4-10,13H,11-12H2,1-3H3. The van der Waals surface area contributed by atoms with Crippen molar-refractivity contribution in [3.8, 4) is 17.2 Å². The molecule has 0 fully saturated rings. The Morgan fingerprint density at radius 1 is 1.03 bits per heavy atom. The van der Waals surface area contributed by atoms with E-state index in [0.717, 1.165) is 10.7 Å². The normalized spacial score (nSPS) is 10.4. The van der Waals surface area contributed by atoms with Crippen LogP contribution in [-0.2, 0) is 11.3 Å².